The van der Waals surface area contributed by atoms with Crippen molar-refractivity contribution in [1.82, 2.24) is 25.1 Å². The molecule has 4 rings (SSSR count). The Morgan fingerprint density at radius 2 is 1.43 bits per heavy atom. The van der Waals surface area contributed by atoms with Gasteiger partial charge in [0.2, 0.25) is 0 Å². The minimum Gasteiger partial charge on any atom is -0.396 e. The smallest absolute Gasteiger partial charge is 0.396 e. The van der Waals surface area contributed by atoms with Crippen LogP contribution in [0.15, 0.2) is 36.4 Å². The Kier molecular flexibility index (Phi) is 10.6. The number of anilines is 1. The van der Waals surface area contributed by atoms with Gasteiger partial charge in [0.15, 0.2) is 0 Å². The van der Waals surface area contributed by atoms with E-state index in [0.29, 0.717) is 43.1 Å². The average Bonchev–Trinajstić information content (AvgIpc) is 3.39. The summed E-state index contributed by atoms with van der Waals surface area (Å²) in [6, 6.07) is 4.11. The van der Waals surface area contributed by atoms with Gasteiger partial charge >= 0.3 is 18.5 Å². The molecule has 1 aliphatic rings. The Morgan fingerprint density at radius 1 is 0.848 bits per heavy atom. The van der Waals surface area contributed by atoms with Crippen molar-refractivity contribution < 1.29 is 44.6 Å². The van der Waals surface area contributed by atoms with Gasteiger partial charge in [-0.25, -0.2) is 0 Å². The van der Waals surface area contributed by atoms with Crippen LogP contribution in [0.25, 0.3) is 0 Å². The van der Waals surface area contributed by atoms with E-state index in [1.165, 1.54) is 18.0 Å². The third-order valence-electron chi connectivity index (χ3n) is 8.16. The Labute approximate surface area is 260 Å². The molecule has 1 saturated heterocycles. The maximum absolute atomic E-state index is 14.0. The number of aromatic nitrogens is 4. The van der Waals surface area contributed by atoms with Crippen LogP contribution in [0.5, 0.6) is 0 Å². The van der Waals surface area contributed by atoms with Crippen LogP contribution in [0, 0.1) is 11.8 Å². The fourth-order valence-corrected chi connectivity index (χ4v) is 6.02. The summed E-state index contributed by atoms with van der Waals surface area (Å²) in [5.74, 6) is 0.0435. The molecule has 1 fully saturated rings. The highest BCUT2D eigenvalue weighted by Gasteiger charge is 2.38. The summed E-state index contributed by atoms with van der Waals surface area (Å²) in [6.07, 6.45) is -12.7. The number of likely N-dealkylation sites (tertiary alicyclic amines) is 1. The molecule has 0 spiro atoms. The Morgan fingerprint density at radius 3 is 1.91 bits per heavy atom. The molecule has 1 atom stereocenters. The Hall–Kier alpha value is -3.40. The Bertz CT molecular complexity index is 1430. The number of piperidine rings is 1. The lowest BCUT2D eigenvalue weighted by molar-refractivity contribution is -0.143. The molecule has 0 unspecified atom stereocenters. The Balaban J connectivity index is 1.80. The van der Waals surface area contributed by atoms with Crippen LogP contribution in [-0.2, 0) is 38.7 Å². The number of rotatable bonds is 10. The molecule has 2 heterocycles. The van der Waals surface area contributed by atoms with Crippen LogP contribution < -0.4 is 4.90 Å². The quantitative estimate of drug-likeness (QED) is 0.230. The van der Waals surface area contributed by atoms with Gasteiger partial charge in [-0.15, -0.1) is 5.10 Å². The van der Waals surface area contributed by atoms with Gasteiger partial charge in [0.05, 0.1) is 23.7 Å². The van der Waals surface area contributed by atoms with Crippen LogP contribution in [0.2, 0.25) is 0 Å². The number of alkyl halides is 9. The standard InChI is InChI=1S/C30H35F9N6O/c1-18(2)26(44-9-6-19(7-10-44)8-11-46)25-5-4-22(28(31,32)33)14-21(25)17-45(27-40-42-43(3)41-27)16-20-12-23(29(34,35)36)15-24(13-20)30(37,38)39/h4-5,12-15,18-19,26,46H,6-11,16-17H2,1-3H3/t26-/m1/s1. The highest BCUT2D eigenvalue weighted by atomic mass is 19.4. The molecular formula is C30H35F9N6O. The lowest BCUT2D eigenvalue weighted by Gasteiger charge is -2.41. The molecule has 254 valence electrons. The van der Waals surface area contributed by atoms with Crippen molar-refractivity contribution in [2.75, 3.05) is 24.6 Å². The molecular weight excluding hydrogens is 631 g/mol. The van der Waals surface area contributed by atoms with Gasteiger partial charge in [-0.1, -0.05) is 25.0 Å². The summed E-state index contributed by atoms with van der Waals surface area (Å²) in [5.41, 5.74) is -3.68. The van der Waals surface area contributed by atoms with Crippen molar-refractivity contribution in [3.05, 3.63) is 69.8 Å². The van der Waals surface area contributed by atoms with Gasteiger partial charge in [-0.05, 0) is 96.4 Å². The topological polar surface area (TPSA) is 70.3 Å². The van der Waals surface area contributed by atoms with Crippen LogP contribution in [-0.4, -0.2) is 49.9 Å². The highest BCUT2D eigenvalue weighted by molar-refractivity contribution is 5.42. The van der Waals surface area contributed by atoms with E-state index in [2.05, 4.69) is 20.3 Å². The summed E-state index contributed by atoms with van der Waals surface area (Å²) in [6.45, 7) is 4.22. The molecule has 0 radical (unpaired) electrons. The van der Waals surface area contributed by atoms with Gasteiger partial charge in [-0.3, -0.25) is 4.90 Å². The maximum atomic E-state index is 14.0. The van der Waals surface area contributed by atoms with Crippen LogP contribution >= 0.6 is 0 Å². The van der Waals surface area contributed by atoms with Crippen molar-refractivity contribution in [3.63, 3.8) is 0 Å². The fraction of sp³-hybridized carbons (Fsp3) is 0.567. The first kappa shape index (κ1) is 35.5. The van der Waals surface area contributed by atoms with Crippen molar-refractivity contribution in [3.8, 4) is 0 Å². The third-order valence-corrected chi connectivity index (χ3v) is 8.16. The summed E-state index contributed by atoms with van der Waals surface area (Å²) >= 11 is 0. The summed E-state index contributed by atoms with van der Waals surface area (Å²) < 4.78 is 124. The molecule has 0 saturated carbocycles. The predicted octanol–water partition coefficient (Wildman–Crippen LogP) is 7.26. The first-order valence-electron chi connectivity index (χ1n) is 14.7. The lowest BCUT2D eigenvalue weighted by Crippen LogP contribution is -2.39. The molecule has 2 aromatic carbocycles. The first-order valence-corrected chi connectivity index (χ1v) is 14.7. The molecule has 0 aliphatic carbocycles. The highest BCUT2D eigenvalue weighted by Crippen LogP contribution is 2.40. The zero-order valence-electron chi connectivity index (χ0n) is 25.4. The summed E-state index contributed by atoms with van der Waals surface area (Å²) in [7, 11) is 1.39. The fourth-order valence-electron chi connectivity index (χ4n) is 6.02. The molecule has 46 heavy (non-hydrogen) atoms. The largest absolute Gasteiger partial charge is 0.416 e. The number of benzene rings is 2. The van der Waals surface area contributed by atoms with Gasteiger partial charge in [0, 0.05) is 25.7 Å². The number of aliphatic hydroxyl groups excluding tert-OH is 1. The second-order valence-electron chi connectivity index (χ2n) is 11.9. The molecule has 1 N–H and O–H groups in total. The summed E-state index contributed by atoms with van der Waals surface area (Å²) in [5, 5.41) is 21.0. The average molecular weight is 667 g/mol. The number of hydrogen-bond donors (Lipinski definition) is 1. The van der Waals surface area contributed by atoms with E-state index in [1.54, 1.807) is 0 Å². The molecule has 0 bridgehead atoms. The van der Waals surface area contributed by atoms with E-state index in [9.17, 15) is 44.6 Å². The normalized spacial score (nSPS) is 16.3. The van der Waals surface area contributed by atoms with Crippen LogP contribution in [0.3, 0.4) is 0 Å². The SMILES string of the molecule is CC(C)[C@H](c1ccc(C(F)(F)F)cc1CN(Cc1cc(C(F)(F)F)cc(C(F)(F)F)c1)c1nnn(C)n1)N1CCC(CCO)CC1. The molecule has 1 aliphatic heterocycles. The van der Waals surface area contributed by atoms with Crippen molar-refractivity contribution in [1.29, 1.82) is 0 Å². The molecule has 16 heteroatoms. The second kappa shape index (κ2) is 13.8. The predicted molar refractivity (Wildman–Crippen MR) is 150 cm³/mol. The van der Waals surface area contributed by atoms with Gasteiger partial charge in [-0.2, -0.15) is 44.3 Å². The van der Waals surface area contributed by atoms with Crippen molar-refractivity contribution in [2.24, 2.45) is 18.9 Å². The van der Waals surface area contributed by atoms with E-state index in [1.807, 2.05) is 13.8 Å². The molecule has 7 nitrogen and oxygen atoms in total. The molecule has 0 amide bonds. The van der Waals surface area contributed by atoms with E-state index in [-0.39, 0.29) is 42.7 Å². The van der Waals surface area contributed by atoms with Gasteiger partial charge < -0.3 is 10.0 Å². The van der Waals surface area contributed by atoms with Gasteiger partial charge in [0.1, 0.15) is 0 Å². The van der Waals surface area contributed by atoms with Crippen molar-refractivity contribution in [2.45, 2.75) is 70.8 Å². The maximum Gasteiger partial charge on any atom is 0.416 e. The minimum atomic E-state index is -5.09. The van der Waals surface area contributed by atoms with E-state index in [0.717, 1.165) is 29.8 Å². The van der Waals surface area contributed by atoms with E-state index in [4.69, 9.17) is 0 Å². The second-order valence-corrected chi connectivity index (χ2v) is 11.9. The van der Waals surface area contributed by atoms with Gasteiger partial charge in [0.25, 0.3) is 5.95 Å². The number of aliphatic hydroxyl groups is 1. The van der Waals surface area contributed by atoms with E-state index >= 15 is 0 Å². The first-order chi connectivity index (χ1) is 21.4. The number of tetrazole rings is 1. The number of nitrogens with zero attached hydrogens (tertiary/aromatic N) is 6. The number of hydrogen-bond acceptors (Lipinski definition) is 6. The monoisotopic (exact) mass is 666 g/mol. The molecule has 3 aromatic rings. The zero-order chi connectivity index (χ0) is 34.0. The number of aryl methyl sites for hydroxylation is 1. The zero-order valence-corrected chi connectivity index (χ0v) is 25.4. The molecule has 1 aromatic heterocycles. The lowest BCUT2D eigenvalue weighted by atomic mass is 9.86. The van der Waals surface area contributed by atoms with Crippen LogP contribution in [0.4, 0.5) is 45.5 Å². The van der Waals surface area contributed by atoms with Crippen LogP contribution in [0.1, 0.15) is 72.5 Å². The van der Waals surface area contributed by atoms with Crippen molar-refractivity contribution >= 4 is 5.95 Å². The van der Waals surface area contributed by atoms with E-state index < -0.39 is 47.3 Å². The number of halogens is 9. The third kappa shape index (κ3) is 8.69. The minimum absolute atomic E-state index is 0.0102. The summed E-state index contributed by atoms with van der Waals surface area (Å²) in [4.78, 5) is 4.40.